The summed E-state index contributed by atoms with van der Waals surface area (Å²) in [4.78, 5) is 12.3. The van der Waals surface area contributed by atoms with Crippen molar-refractivity contribution in [3.63, 3.8) is 0 Å². The molecule has 46 heavy (non-hydrogen) atoms. The Kier molecular flexibility index (Phi) is 11.8. The second-order valence-corrected chi connectivity index (χ2v) is 10.4. The highest BCUT2D eigenvalue weighted by molar-refractivity contribution is 5.83. The number of carboxylic acid groups (broad SMARTS) is 1. The number of carbonyl (C=O) groups is 1. The second-order valence-electron chi connectivity index (χ2n) is 10.4. The summed E-state index contributed by atoms with van der Waals surface area (Å²) in [7, 11) is 3.34. The first-order valence-electron chi connectivity index (χ1n) is 14.6. The van der Waals surface area contributed by atoms with Crippen LogP contribution < -0.4 is 20.5 Å². The van der Waals surface area contributed by atoms with Crippen molar-refractivity contribution < 1.29 is 32.5 Å². The van der Waals surface area contributed by atoms with Gasteiger partial charge in [0.15, 0.2) is 5.82 Å². The first kappa shape index (κ1) is 34.0. The molecule has 1 atom stereocenters. The second kappa shape index (κ2) is 15.9. The molecule has 0 radical (unpaired) electrons. The van der Waals surface area contributed by atoms with E-state index in [2.05, 4.69) is 63.5 Å². The fraction of sp³-hybridized carbons (Fsp3) is 0.303. The Labute approximate surface area is 264 Å². The van der Waals surface area contributed by atoms with Crippen LogP contribution in [0, 0.1) is 0 Å². The van der Waals surface area contributed by atoms with Crippen molar-refractivity contribution in [3.8, 4) is 11.5 Å². The number of aryl methyl sites for hydroxylation is 2. The third kappa shape index (κ3) is 8.86. The lowest BCUT2D eigenvalue weighted by Gasteiger charge is -2.21. The van der Waals surface area contributed by atoms with Crippen LogP contribution in [0.15, 0.2) is 79.0 Å². The zero-order valence-electron chi connectivity index (χ0n) is 25.6. The highest BCUT2D eigenvalue weighted by Crippen LogP contribution is 2.29. The van der Waals surface area contributed by atoms with E-state index in [-0.39, 0.29) is 6.04 Å². The van der Waals surface area contributed by atoms with Crippen molar-refractivity contribution in [2.45, 2.75) is 38.0 Å². The number of halogens is 3. The van der Waals surface area contributed by atoms with Crippen molar-refractivity contribution in [1.29, 1.82) is 0 Å². The standard InChI is InChI=1S/C31H36N6O2.C2HF3O2/c1-38-25-14-13-23(29(19-25)39-2)21-37-30(15-12-22-8-4-3-5-9-22)35-36-31(37)28(33-17-16-32)18-24-20-34-27-11-7-6-10-26(24)27;3-2(4,5)1(6)7/h3-11,13-14,19-20,28,33-34H,12,15-18,21,32H2,1-2H3;(H,6,7)/t28-;/m1./s1. The van der Waals surface area contributed by atoms with E-state index in [0.29, 0.717) is 19.6 Å². The Hall–Kier alpha value is -4.88. The number of H-pyrrole nitrogens is 1. The molecular formula is C33H37F3N6O4. The van der Waals surface area contributed by atoms with Gasteiger partial charge in [0.05, 0.1) is 26.8 Å². The number of aromatic amines is 1. The largest absolute Gasteiger partial charge is 0.497 e. The van der Waals surface area contributed by atoms with Gasteiger partial charge in [0, 0.05) is 48.2 Å². The molecule has 0 bridgehead atoms. The van der Waals surface area contributed by atoms with E-state index >= 15 is 0 Å². The molecule has 10 nitrogen and oxygen atoms in total. The van der Waals surface area contributed by atoms with Crippen molar-refractivity contribution in [2.24, 2.45) is 5.73 Å². The highest BCUT2D eigenvalue weighted by atomic mass is 19.4. The molecule has 3 aromatic carbocycles. The number of fused-ring (bicyclic) bond motifs is 1. The lowest BCUT2D eigenvalue weighted by Crippen LogP contribution is -2.31. The van der Waals surface area contributed by atoms with Crippen LogP contribution in [0.5, 0.6) is 11.5 Å². The molecule has 5 rings (SSSR count). The molecule has 0 amide bonds. The van der Waals surface area contributed by atoms with Crippen LogP contribution >= 0.6 is 0 Å². The van der Waals surface area contributed by atoms with Crippen LogP contribution in [-0.4, -0.2) is 64.3 Å². The van der Waals surface area contributed by atoms with Crippen LogP contribution in [0.1, 0.15) is 34.4 Å². The summed E-state index contributed by atoms with van der Waals surface area (Å²) in [5, 5.41) is 21.4. The molecule has 2 aromatic heterocycles. The molecule has 0 saturated heterocycles. The number of nitrogens with zero attached hydrogens (tertiary/aromatic N) is 3. The number of hydrogen-bond acceptors (Lipinski definition) is 7. The number of aromatic nitrogens is 4. The minimum atomic E-state index is -5.08. The number of methoxy groups -OCH3 is 2. The Morgan fingerprint density at radius 3 is 2.39 bits per heavy atom. The summed E-state index contributed by atoms with van der Waals surface area (Å²) in [5.74, 6) is 0.587. The van der Waals surface area contributed by atoms with Gasteiger partial charge in [0.2, 0.25) is 0 Å². The van der Waals surface area contributed by atoms with Crippen molar-refractivity contribution >= 4 is 16.9 Å². The Bertz CT molecular complexity index is 1700. The van der Waals surface area contributed by atoms with Crippen LogP contribution in [0.2, 0.25) is 0 Å². The van der Waals surface area contributed by atoms with E-state index in [1.54, 1.807) is 14.2 Å². The maximum absolute atomic E-state index is 10.6. The molecule has 0 unspecified atom stereocenters. The number of nitrogens with one attached hydrogen (secondary N) is 2. The van der Waals surface area contributed by atoms with Gasteiger partial charge >= 0.3 is 12.1 Å². The molecule has 0 saturated carbocycles. The van der Waals surface area contributed by atoms with Gasteiger partial charge in [-0.2, -0.15) is 13.2 Å². The summed E-state index contributed by atoms with van der Waals surface area (Å²) >= 11 is 0. The third-order valence-electron chi connectivity index (χ3n) is 7.35. The summed E-state index contributed by atoms with van der Waals surface area (Å²) in [6.07, 6.45) is -0.597. The number of alkyl halides is 3. The summed E-state index contributed by atoms with van der Waals surface area (Å²) in [6, 6.07) is 24.7. The van der Waals surface area contributed by atoms with Gasteiger partial charge in [0.1, 0.15) is 17.3 Å². The first-order valence-corrected chi connectivity index (χ1v) is 14.6. The predicted molar refractivity (Wildman–Crippen MR) is 168 cm³/mol. The number of aliphatic carboxylic acids is 1. The van der Waals surface area contributed by atoms with E-state index in [0.717, 1.165) is 53.5 Å². The summed E-state index contributed by atoms with van der Waals surface area (Å²) in [5.41, 5.74) is 10.6. The number of para-hydroxylation sites is 1. The lowest BCUT2D eigenvalue weighted by molar-refractivity contribution is -0.192. The highest BCUT2D eigenvalue weighted by Gasteiger charge is 2.38. The molecule has 0 spiro atoms. The average Bonchev–Trinajstić information content (AvgIpc) is 3.66. The lowest BCUT2D eigenvalue weighted by atomic mass is 10.0. The third-order valence-corrected chi connectivity index (χ3v) is 7.35. The Balaban J connectivity index is 0.000000617. The quantitative estimate of drug-likeness (QED) is 0.140. The van der Waals surface area contributed by atoms with E-state index in [1.807, 2.05) is 30.3 Å². The number of ether oxygens (including phenoxy) is 2. The molecular weight excluding hydrogens is 601 g/mol. The van der Waals surface area contributed by atoms with Gasteiger partial charge in [-0.1, -0.05) is 48.5 Å². The number of nitrogens with two attached hydrogens (primary N) is 1. The van der Waals surface area contributed by atoms with Crippen LogP contribution in [-0.2, 0) is 30.6 Å². The smallest absolute Gasteiger partial charge is 0.490 e. The first-order chi connectivity index (χ1) is 22.1. The predicted octanol–water partition coefficient (Wildman–Crippen LogP) is 5.08. The van der Waals surface area contributed by atoms with E-state index < -0.39 is 12.1 Å². The zero-order chi connectivity index (χ0) is 33.1. The molecule has 244 valence electrons. The van der Waals surface area contributed by atoms with E-state index in [9.17, 15) is 13.2 Å². The molecule has 0 aliphatic heterocycles. The number of hydrogen-bond donors (Lipinski definition) is 4. The molecule has 0 aliphatic carbocycles. The summed E-state index contributed by atoms with van der Waals surface area (Å²) < 4.78 is 45.1. The Morgan fingerprint density at radius 2 is 1.72 bits per heavy atom. The summed E-state index contributed by atoms with van der Waals surface area (Å²) in [6.45, 7) is 1.78. The fourth-order valence-electron chi connectivity index (χ4n) is 5.05. The molecule has 0 fully saturated rings. The van der Waals surface area contributed by atoms with Crippen LogP contribution in [0.25, 0.3) is 10.9 Å². The Morgan fingerprint density at radius 1 is 1.00 bits per heavy atom. The van der Waals surface area contributed by atoms with Gasteiger partial charge in [-0.25, -0.2) is 4.79 Å². The maximum atomic E-state index is 10.6. The van der Waals surface area contributed by atoms with Gasteiger partial charge < -0.3 is 35.2 Å². The van der Waals surface area contributed by atoms with Crippen molar-refractivity contribution in [1.82, 2.24) is 25.1 Å². The molecule has 5 aromatic rings. The number of benzene rings is 3. The number of rotatable bonds is 13. The molecule has 5 N–H and O–H groups in total. The van der Waals surface area contributed by atoms with Gasteiger partial charge in [-0.15, -0.1) is 10.2 Å². The van der Waals surface area contributed by atoms with Gasteiger partial charge in [-0.05, 0) is 42.2 Å². The molecule has 0 aliphatic rings. The van der Waals surface area contributed by atoms with Crippen molar-refractivity contribution in [2.75, 3.05) is 27.3 Å². The molecule has 2 heterocycles. The van der Waals surface area contributed by atoms with Crippen molar-refractivity contribution in [3.05, 3.63) is 107 Å². The maximum Gasteiger partial charge on any atom is 0.490 e. The topological polar surface area (TPSA) is 140 Å². The monoisotopic (exact) mass is 638 g/mol. The zero-order valence-corrected chi connectivity index (χ0v) is 25.6. The number of carboxylic acids is 1. The van der Waals surface area contributed by atoms with Gasteiger partial charge in [0.25, 0.3) is 0 Å². The fourth-order valence-corrected chi connectivity index (χ4v) is 5.05. The minimum absolute atomic E-state index is 0.0741. The van der Waals surface area contributed by atoms with Gasteiger partial charge in [-0.3, -0.25) is 0 Å². The SMILES string of the molecule is COc1ccc(Cn2c(CCc3ccccc3)nnc2[C@@H](Cc2c[nH]c3ccccc23)NCCN)c(OC)c1.O=C(O)C(F)(F)F. The van der Waals surface area contributed by atoms with Crippen LogP contribution in [0.4, 0.5) is 13.2 Å². The molecule has 13 heteroatoms. The average molecular weight is 639 g/mol. The normalized spacial score (nSPS) is 12.0. The van der Waals surface area contributed by atoms with E-state index in [4.69, 9.17) is 35.3 Å². The van der Waals surface area contributed by atoms with Crippen LogP contribution in [0.3, 0.4) is 0 Å². The minimum Gasteiger partial charge on any atom is -0.497 e. The van der Waals surface area contributed by atoms with E-state index in [1.165, 1.54) is 16.5 Å².